The molecule has 1 N–H and O–H groups in total. The van der Waals surface area contributed by atoms with Crippen LogP contribution in [0.15, 0.2) is 54.1 Å². The first-order valence-corrected chi connectivity index (χ1v) is 10.4. The number of ether oxygens (including phenoxy) is 1. The SMILES string of the molecule is CCOc1cccc(N2C(=O)/C(=C\c3ccc(N(CC)CC)cc3)C(=O)NC2=S)c1. The number of benzene rings is 2. The number of rotatable bonds is 7. The summed E-state index contributed by atoms with van der Waals surface area (Å²) >= 11 is 5.26. The van der Waals surface area contributed by atoms with Crippen molar-refractivity contribution < 1.29 is 14.3 Å². The molecule has 2 aromatic carbocycles. The molecule has 0 saturated carbocycles. The lowest BCUT2D eigenvalue weighted by atomic mass is 10.1. The summed E-state index contributed by atoms with van der Waals surface area (Å²) in [6, 6.07) is 14.8. The van der Waals surface area contributed by atoms with Crippen molar-refractivity contribution in [3.63, 3.8) is 0 Å². The van der Waals surface area contributed by atoms with Gasteiger partial charge in [0.25, 0.3) is 11.8 Å². The Morgan fingerprint density at radius 1 is 1.07 bits per heavy atom. The minimum absolute atomic E-state index is 0.0287. The predicted molar refractivity (Wildman–Crippen MR) is 124 cm³/mol. The molecule has 156 valence electrons. The van der Waals surface area contributed by atoms with E-state index in [1.165, 1.54) is 4.90 Å². The zero-order chi connectivity index (χ0) is 21.7. The van der Waals surface area contributed by atoms with Gasteiger partial charge in [-0.1, -0.05) is 18.2 Å². The van der Waals surface area contributed by atoms with Crippen LogP contribution in [0.3, 0.4) is 0 Å². The fourth-order valence-corrected chi connectivity index (χ4v) is 3.59. The maximum absolute atomic E-state index is 13.1. The molecular weight excluding hydrogens is 398 g/mol. The van der Waals surface area contributed by atoms with Crippen LogP contribution in [-0.2, 0) is 9.59 Å². The van der Waals surface area contributed by atoms with Crippen LogP contribution in [0, 0.1) is 0 Å². The molecule has 1 saturated heterocycles. The number of nitrogens with zero attached hydrogens (tertiary/aromatic N) is 2. The number of thiocarbonyl (C=S) groups is 1. The summed E-state index contributed by atoms with van der Waals surface area (Å²) < 4.78 is 5.51. The smallest absolute Gasteiger partial charge is 0.270 e. The Morgan fingerprint density at radius 2 is 1.77 bits per heavy atom. The summed E-state index contributed by atoms with van der Waals surface area (Å²) in [7, 11) is 0. The second-order valence-electron chi connectivity index (χ2n) is 6.65. The molecule has 1 aliphatic heterocycles. The Labute approximate surface area is 182 Å². The number of carbonyl (C=O) groups is 2. The van der Waals surface area contributed by atoms with E-state index in [1.54, 1.807) is 30.3 Å². The van der Waals surface area contributed by atoms with Crippen molar-refractivity contribution >= 4 is 46.6 Å². The third-order valence-electron chi connectivity index (χ3n) is 4.82. The first-order chi connectivity index (χ1) is 14.5. The van der Waals surface area contributed by atoms with Gasteiger partial charge in [0, 0.05) is 24.8 Å². The molecule has 0 aliphatic carbocycles. The highest BCUT2D eigenvalue weighted by atomic mass is 32.1. The average molecular weight is 424 g/mol. The summed E-state index contributed by atoms with van der Waals surface area (Å²) in [6.45, 7) is 8.41. The van der Waals surface area contributed by atoms with Crippen molar-refractivity contribution in [3.05, 3.63) is 59.7 Å². The monoisotopic (exact) mass is 423 g/mol. The minimum Gasteiger partial charge on any atom is -0.494 e. The number of amides is 2. The number of hydrogen-bond acceptors (Lipinski definition) is 5. The second-order valence-corrected chi connectivity index (χ2v) is 7.04. The molecule has 0 spiro atoms. The standard InChI is InChI=1S/C23H25N3O3S/c1-4-25(5-2)17-12-10-16(11-13-17)14-20-21(27)24-23(30)26(22(20)28)18-8-7-9-19(15-18)29-6-3/h7-15H,4-6H2,1-3H3,(H,24,27,30)/b20-14-. The molecule has 2 aromatic rings. The van der Waals surface area contributed by atoms with E-state index in [0.29, 0.717) is 18.0 Å². The highest BCUT2D eigenvalue weighted by Crippen LogP contribution is 2.26. The number of nitrogens with one attached hydrogen (secondary N) is 1. The maximum atomic E-state index is 13.1. The lowest BCUT2D eigenvalue weighted by Crippen LogP contribution is -2.54. The quantitative estimate of drug-likeness (QED) is 0.417. The molecule has 0 bridgehead atoms. The molecule has 1 aliphatic rings. The van der Waals surface area contributed by atoms with Crippen LogP contribution in [0.25, 0.3) is 6.08 Å². The average Bonchev–Trinajstić information content (AvgIpc) is 2.73. The van der Waals surface area contributed by atoms with E-state index < -0.39 is 11.8 Å². The summed E-state index contributed by atoms with van der Waals surface area (Å²) in [6.07, 6.45) is 1.59. The van der Waals surface area contributed by atoms with E-state index >= 15 is 0 Å². The fourth-order valence-electron chi connectivity index (χ4n) is 3.31. The first-order valence-electron chi connectivity index (χ1n) is 9.97. The van der Waals surface area contributed by atoms with Gasteiger partial charge in [0.05, 0.1) is 12.3 Å². The van der Waals surface area contributed by atoms with Gasteiger partial charge in [0.15, 0.2) is 5.11 Å². The summed E-state index contributed by atoms with van der Waals surface area (Å²) in [5.41, 5.74) is 2.43. The molecule has 1 heterocycles. The van der Waals surface area contributed by atoms with Crippen LogP contribution in [0.1, 0.15) is 26.3 Å². The molecule has 0 radical (unpaired) electrons. The number of hydrogen-bond donors (Lipinski definition) is 1. The van der Waals surface area contributed by atoms with Gasteiger partial charge in [-0.25, -0.2) is 0 Å². The van der Waals surface area contributed by atoms with E-state index in [-0.39, 0.29) is 10.7 Å². The van der Waals surface area contributed by atoms with Gasteiger partial charge in [0.2, 0.25) is 0 Å². The van der Waals surface area contributed by atoms with Crippen LogP contribution in [0.4, 0.5) is 11.4 Å². The Kier molecular flexibility index (Phi) is 6.84. The van der Waals surface area contributed by atoms with E-state index in [4.69, 9.17) is 17.0 Å². The number of anilines is 2. The van der Waals surface area contributed by atoms with Crippen LogP contribution >= 0.6 is 12.2 Å². The largest absolute Gasteiger partial charge is 0.494 e. The van der Waals surface area contributed by atoms with E-state index in [9.17, 15) is 9.59 Å². The molecule has 2 amide bonds. The van der Waals surface area contributed by atoms with Crippen LogP contribution < -0.4 is 19.9 Å². The van der Waals surface area contributed by atoms with E-state index in [2.05, 4.69) is 24.1 Å². The summed E-state index contributed by atoms with van der Waals surface area (Å²) in [5.74, 6) is -0.347. The molecular formula is C23H25N3O3S. The molecule has 3 rings (SSSR count). The van der Waals surface area contributed by atoms with Crippen LogP contribution in [-0.4, -0.2) is 36.6 Å². The minimum atomic E-state index is -0.505. The zero-order valence-corrected chi connectivity index (χ0v) is 18.2. The predicted octanol–water partition coefficient (Wildman–Crippen LogP) is 3.76. The summed E-state index contributed by atoms with van der Waals surface area (Å²) in [5, 5.41) is 2.66. The third-order valence-corrected chi connectivity index (χ3v) is 5.11. The van der Waals surface area contributed by atoms with Gasteiger partial charge in [-0.3, -0.25) is 19.8 Å². The van der Waals surface area contributed by atoms with Crippen molar-refractivity contribution in [1.29, 1.82) is 0 Å². The topological polar surface area (TPSA) is 61.9 Å². The second kappa shape index (κ2) is 9.54. The highest BCUT2D eigenvalue weighted by molar-refractivity contribution is 7.80. The van der Waals surface area contributed by atoms with Crippen LogP contribution in [0.5, 0.6) is 5.75 Å². The van der Waals surface area contributed by atoms with Gasteiger partial charge in [-0.15, -0.1) is 0 Å². The van der Waals surface area contributed by atoms with E-state index in [1.807, 2.05) is 31.2 Å². The molecule has 6 nitrogen and oxygen atoms in total. The first kappa shape index (κ1) is 21.5. The van der Waals surface area contributed by atoms with Crippen molar-refractivity contribution in [2.45, 2.75) is 20.8 Å². The molecule has 0 aromatic heterocycles. The zero-order valence-electron chi connectivity index (χ0n) is 17.3. The van der Waals surface area contributed by atoms with Gasteiger partial charge < -0.3 is 9.64 Å². The summed E-state index contributed by atoms with van der Waals surface area (Å²) in [4.78, 5) is 29.2. The van der Waals surface area contributed by atoms with Crippen LogP contribution in [0.2, 0.25) is 0 Å². The Morgan fingerprint density at radius 3 is 2.40 bits per heavy atom. The van der Waals surface area contributed by atoms with Gasteiger partial charge in [-0.05, 0) is 68.9 Å². The lowest BCUT2D eigenvalue weighted by Gasteiger charge is -2.29. The molecule has 0 atom stereocenters. The Bertz CT molecular complexity index is 981. The van der Waals surface area contributed by atoms with Crippen molar-refractivity contribution in [2.75, 3.05) is 29.5 Å². The Balaban J connectivity index is 1.91. The van der Waals surface area contributed by atoms with Gasteiger partial charge in [0.1, 0.15) is 11.3 Å². The van der Waals surface area contributed by atoms with Gasteiger partial charge in [-0.2, -0.15) is 0 Å². The highest BCUT2D eigenvalue weighted by Gasteiger charge is 2.34. The maximum Gasteiger partial charge on any atom is 0.270 e. The molecule has 1 fully saturated rings. The normalized spacial score (nSPS) is 15.4. The number of carbonyl (C=O) groups excluding carboxylic acids is 2. The fraction of sp³-hybridized carbons (Fsp3) is 0.261. The Hall–Kier alpha value is -3.19. The van der Waals surface area contributed by atoms with Gasteiger partial charge >= 0.3 is 0 Å². The van der Waals surface area contributed by atoms with E-state index in [0.717, 1.165) is 24.3 Å². The van der Waals surface area contributed by atoms with Crippen molar-refractivity contribution in [1.82, 2.24) is 5.32 Å². The lowest BCUT2D eigenvalue weighted by molar-refractivity contribution is -0.122. The third kappa shape index (κ3) is 4.52. The van der Waals surface area contributed by atoms with Crippen molar-refractivity contribution in [3.8, 4) is 5.75 Å². The molecule has 7 heteroatoms. The molecule has 30 heavy (non-hydrogen) atoms. The van der Waals surface area contributed by atoms with Crippen molar-refractivity contribution in [2.24, 2.45) is 0 Å². The molecule has 0 unspecified atom stereocenters.